The number of aromatic amines is 1. The van der Waals surface area contributed by atoms with Crippen LogP contribution in [0.5, 0.6) is 5.75 Å². The Hall–Kier alpha value is -3.38. The van der Waals surface area contributed by atoms with E-state index in [1.165, 1.54) is 11.8 Å². The van der Waals surface area contributed by atoms with Crippen LogP contribution in [0, 0.1) is 5.82 Å². The maximum absolute atomic E-state index is 14.9. The lowest BCUT2D eigenvalue weighted by molar-refractivity contribution is 0.455. The van der Waals surface area contributed by atoms with Gasteiger partial charge in [-0.25, -0.2) is 9.37 Å². The average Bonchev–Trinajstić information content (AvgIpc) is 3.24. The first kappa shape index (κ1) is 19.6. The van der Waals surface area contributed by atoms with Crippen LogP contribution >= 0.6 is 0 Å². The number of benzene rings is 2. The normalized spacial score (nSPS) is 14.7. The number of nitrogens with zero attached hydrogens (tertiary/aromatic N) is 1. The molecule has 4 N–H and O–H groups in total. The second kappa shape index (κ2) is 8.40. The fraction of sp³-hybridized carbons (Fsp3) is 0.240. The van der Waals surface area contributed by atoms with Gasteiger partial charge >= 0.3 is 0 Å². The molecule has 1 saturated heterocycles. The van der Waals surface area contributed by atoms with Gasteiger partial charge in [0.05, 0.1) is 0 Å². The lowest BCUT2D eigenvalue weighted by Gasteiger charge is -2.21. The zero-order chi connectivity index (χ0) is 21.2. The number of rotatable bonds is 5. The summed E-state index contributed by atoms with van der Waals surface area (Å²) >= 11 is 0. The molecule has 0 saturated carbocycles. The maximum atomic E-state index is 14.9. The number of aromatic nitrogens is 2. The zero-order valence-corrected chi connectivity index (χ0v) is 17.2. The molecule has 5 rings (SSSR count). The van der Waals surface area contributed by atoms with Crippen LogP contribution < -0.4 is 10.6 Å². The topological polar surface area (TPSA) is 73.0 Å². The van der Waals surface area contributed by atoms with E-state index < -0.39 is 0 Å². The van der Waals surface area contributed by atoms with E-state index in [1.54, 1.807) is 24.4 Å². The van der Waals surface area contributed by atoms with Gasteiger partial charge in [0.15, 0.2) is 0 Å². The Morgan fingerprint density at radius 3 is 2.74 bits per heavy atom. The number of halogens is 1. The Balaban J connectivity index is 1.46. The summed E-state index contributed by atoms with van der Waals surface area (Å²) in [4.78, 5) is 7.95. The average molecular weight is 417 g/mol. The van der Waals surface area contributed by atoms with Crippen molar-refractivity contribution in [1.82, 2.24) is 15.3 Å². The van der Waals surface area contributed by atoms with E-state index in [0.717, 1.165) is 53.8 Å². The lowest BCUT2D eigenvalue weighted by atomic mass is 9.94. The summed E-state index contributed by atoms with van der Waals surface area (Å²) in [7, 11) is 0. The molecule has 2 aromatic carbocycles. The molecule has 0 amide bonds. The van der Waals surface area contributed by atoms with Gasteiger partial charge in [-0.3, -0.25) is 0 Å². The molecule has 158 valence electrons. The number of piperidine rings is 1. The van der Waals surface area contributed by atoms with Crippen LogP contribution in [0.15, 0.2) is 60.8 Å². The van der Waals surface area contributed by atoms with Crippen molar-refractivity contribution < 1.29 is 9.50 Å². The van der Waals surface area contributed by atoms with Crippen LogP contribution in [0.3, 0.4) is 0 Å². The minimum atomic E-state index is -0.264. The molecule has 6 heteroatoms. The highest BCUT2D eigenvalue weighted by molar-refractivity contribution is 5.94. The number of hydrogen-bond donors (Lipinski definition) is 4. The highest BCUT2D eigenvalue weighted by Gasteiger charge is 2.19. The molecule has 31 heavy (non-hydrogen) atoms. The Bertz CT molecular complexity index is 1210. The molecule has 0 bridgehead atoms. The first-order valence-electron chi connectivity index (χ1n) is 10.7. The molecule has 5 nitrogen and oxygen atoms in total. The van der Waals surface area contributed by atoms with Crippen molar-refractivity contribution in [1.29, 1.82) is 0 Å². The predicted molar refractivity (Wildman–Crippen MR) is 122 cm³/mol. The van der Waals surface area contributed by atoms with Crippen LogP contribution in [0.1, 0.15) is 30.0 Å². The predicted octanol–water partition coefficient (Wildman–Crippen LogP) is 5.15. The van der Waals surface area contributed by atoms with Gasteiger partial charge in [0.25, 0.3) is 0 Å². The molecule has 2 aromatic heterocycles. The summed E-state index contributed by atoms with van der Waals surface area (Å²) in [5, 5.41) is 17.3. The van der Waals surface area contributed by atoms with Crippen LogP contribution in [-0.2, 0) is 6.54 Å². The molecule has 4 aromatic rings. The summed E-state index contributed by atoms with van der Waals surface area (Å²) in [6.45, 7) is 2.57. The Kier molecular flexibility index (Phi) is 5.30. The number of pyridine rings is 1. The van der Waals surface area contributed by atoms with Crippen LogP contribution in [-0.4, -0.2) is 28.2 Å². The highest BCUT2D eigenvalue weighted by atomic mass is 19.1. The van der Waals surface area contributed by atoms with E-state index in [1.807, 2.05) is 24.3 Å². The van der Waals surface area contributed by atoms with Gasteiger partial charge in [-0.05, 0) is 79.5 Å². The number of hydrogen-bond acceptors (Lipinski definition) is 4. The minimum Gasteiger partial charge on any atom is -0.508 e. The summed E-state index contributed by atoms with van der Waals surface area (Å²) in [5.74, 6) is 0.443. The maximum Gasteiger partial charge on any atom is 0.138 e. The van der Waals surface area contributed by atoms with Crippen molar-refractivity contribution in [2.75, 3.05) is 18.4 Å². The Labute approximate surface area is 180 Å². The molecular weight excluding hydrogens is 391 g/mol. The fourth-order valence-corrected chi connectivity index (χ4v) is 4.35. The molecule has 1 aliphatic heterocycles. The largest absolute Gasteiger partial charge is 0.508 e. The van der Waals surface area contributed by atoms with Gasteiger partial charge in [0, 0.05) is 41.0 Å². The fourth-order valence-electron chi connectivity index (χ4n) is 4.35. The summed E-state index contributed by atoms with van der Waals surface area (Å²) in [6, 6.07) is 16.2. The molecule has 0 spiro atoms. The van der Waals surface area contributed by atoms with Gasteiger partial charge in [-0.2, -0.15) is 0 Å². The van der Waals surface area contributed by atoms with E-state index in [4.69, 9.17) is 0 Å². The number of anilines is 1. The standard InChI is InChI=1S/C25H25FN4O/c26-23-5-4-18(29-15-16-2-1-3-19(31)12-16)13-21(23)20-8-11-28-25-22(20)14-24(30-25)17-6-9-27-10-7-17/h1-5,8,11-14,17,27,29,31H,6-7,9-10,15H2,(H,28,30). The minimum absolute atomic E-state index is 0.232. The third kappa shape index (κ3) is 4.11. The van der Waals surface area contributed by atoms with E-state index >= 15 is 0 Å². The van der Waals surface area contributed by atoms with E-state index in [-0.39, 0.29) is 11.6 Å². The monoisotopic (exact) mass is 416 g/mol. The van der Waals surface area contributed by atoms with Crippen molar-refractivity contribution in [3.8, 4) is 16.9 Å². The van der Waals surface area contributed by atoms with Gasteiger partial charge in [-0.1, -0.05) is 12.1 Å². The van der Waals surface area contributed by atoms with Crippen molar-refractivity contribution in [2.45, 2.75) is 25.3 Å². The number of fused-ring (bicyclic) bond motifs is 1. The molecule has 0 unspecified atom stereocenters. The lowest BCUT2D eigenvalue weighted by Crippen LogP contribution is -2.26. The smallest absolute Gasteiger partial charge is 0.138 e. The highest BCUT2D eigenvalue weighted by Crippen LogP contribution is 2.34. The summed E-state index contributed by atoms with van der Waals surface area (Å²) < 4.78 is 14.9. The molecule has 0 aliphatic carbocycles. The van der Waals surface area contributed by atoms with E-state index in [2.05, 4.69) is 26.7 Å². The van der Waals surface area contributed by atoms with Crippen LogP contribution in [0.2, 0.25) is 0 Å². The Morgan fingerprint density at radius 2 is 1.90 bits per heavy atom. The quantitative estimate of drug-likeness (QED) is 0.363. The second-order valence-corrected chi connectivity index (χ2v) is 8.09. The van der Waals surface area contributed by atoms with Crippen molar-refractivity contribution in [2.24, 2.45) is 0 Å². The van der Waals surface area contributed by atoms with Crippen molar-refractivity contribution in [3.63, 3.8) is 0 Å². The Morgan fingerprint density at radius 1 is 1.03 bits per heavy atom. The number of phenolic OH excluding ortho intramolecular Hbond substituents is 1. The first-order valence-corrected chi connectivity index (χ1v) is 10.7. The van der Waals surface area contributed by atoms with Gasteiger partial charge in [-0.15, -0.1) is 0 Å². The zero-order valence-electron chi connectivity index (χ0n) is 17.2. The van der Waals surface area contributed by atoms with E-state index in [9.17, 15) is 9.50 Å². The van der Waals surface area contributed by atoms with Crippen LogP contribution in [0.4, 0.5) is 10.1 Å². The van der Waals surface area contributed by atoms with Crippen molar-refractivity contribution in [3.05, 3.63) is 77.9 Å². The molecule has 1 fully saturated rings. The van der Waals surface area contributed by atoms with Gasteiger partial charge in [0.1, 0.15) is 17.2 Å². The summed E-state index contributed by atoms with van der Waals surface area (Å²) in [5.41, 5.74) is 5.12. The third-order valence-electron chi connectivity index (χ3n) is 6.00. The molecule has 1 aliphatic rings. The first-order chi connectivity index (χ1) is 15.2. The molecule has 0 atom stereocenters. The molecular formula is C25H25FN4O. The number of aromatic hydroxyl groups is 1. The number of phenols is 1. The third-order valence-corrected chi connectivity index (χ3v) is 6.00. The molecule has 0 radical (unpaired) electrons. The van der Waals surface area contributed by atoms with E-state index in [0.29, 0.717) is 18.0 Å². The molecule has 3 heterocycles. The SMILES string of the molecule is Oc1cccc(CNc2ccc(F)c(-c3ccnc4[nH]c(C5CCNCC5)cc34)c2)c1. The van der Waals surface area contributed by atoms with Crippen LogP contribution in [0.25, 0.3) is 22.2 Å². The number of nitrogens with one attached hydrogen (secondary N) is 3. The second-order valence-electron chi connectivity index (χ2n) is 8.09. The van der Waals surface area contributed by atoms with Gasteiger partial charge < -0.3 is 20.7 Å². The van der Waals surface area contributed by atoms with Crippen molar-refractivity contribution >= 4 is 16.7 Å². The summed E-state index contributed by atoms with van der Waals surface area (Å²) in [6.07, 6.45) is 3.91. The van der Waals surface area contributed by atoms with Gasteiger partial charge in [0.2, 0.25) is 0 Å². The number of H-pyrrole nitrogens is 1.